The fourth-order valence-corrected chi connectivity index (χ4v) is 1.34. The molecule has 0 N–H and O–H groups in total. The Balaban J connectivity index is 0.000001000. The molecule has 0 aromatic heterocycles. The van der Waals surface area contributed by atoms with Gasteiger partial charge in [-0.05, 0) is 5.56 Å². The molecule has 0 heterocycles. The van der Waals surface area contributed by atoms with Crippen molar-refractivity contribution in [2.75, 3.05) is 5.75 Å². The zero-order valence-corrected chi connectivity index (χ0v) is 7.73. The van der Waals surface area contributed by atoms with Gasteiger partial charge in [-0.25, -0.2) is 0 Å². The minimum Gasteiger partial charge on any atom is -0.334 e. The molecule has 0 atom stereocenters. The van der Waals surface area contributed by atoms with Crippen molar-refractivity contribution in [3.8, 4) is 0 Å². The molecule has 0 unspecified atom stereocenters. The van der Waals surface area contributed by atoms with Crippen LogP contribution in [-0.4, -0.2) is 5.75 Å². The van der Waals surface area contributed by atoms with E-state index in [1.807, 2.05) is 17.8 Å². The van der Waals surface area contributed by atoms with E-state index < -0.39 is 0 Å². The van der Waals surface area contributed by atoms with E-state index in [1.165, 1.54) is 5.56 Å². The number of hydrogen-bond acceptors (Lipinski definition) is 1. The average molecular weight is 158 g/mol. The van der Waals surface area contributed by atoms with Gasteiger partial charge in [0.25, 0.3) is 0 Å². The van der Waals surface area contributed by atoms with Gasteiger partial charge in [0.1, 0.15) is 0 Å². The van der Waals surface area contributed by atoms with Crippen LogP contribution in [0.4, 0.5) is 0 Å². The van der Waals surface area contributed by atoms with E-state index in [0.29, 0.717) is 0 Å². The smallest absolute Gasteiger partial charge is 0.334 e. The molecule has 11 heavy (non-hydrogen) atoms. The summed E-state index contributed by atoms with van der Waals surface area (Å²) in [5, 5.41) is 0. The molecule has 0 saturated heterocycles. The first-order valence-electron chi connectivity index (χ1n) is 3.34. The Morgan fingerprint density at radius 1 is 1.18 bits per heavy atom. The molecule has 2 heteroatoms. The third kappa shape index (κ3) is 4.58. The van der Waals surface area contributed by atoms with Crippen molar-refractivity contribution >= 4 is 11.8 Å². The SMILES string of the molecule is [CH2-]CSCc1ccccc1.[Li+]. The molecule has 0 nitrogen and oxygen atoms in total. The second-order valence-corrected chi connectivity index (χ2v) is 3.14. The molecule has 1 aromatic carbocycles. The molecule has 0 radical (unpaired) electrons. The third-order valence-corrected chi connectivity index (χ3v) is 2.08. The molecular formula is C9H11LiS. The molecule has 0 aliphatic carbocycles. The topological polar surface area (TPSA) is 0 Å². The fraction of sp³-hybridized carbons (Fsp3) is 0.222. The summed E-state index contributed by atoms with van der Waals surface area (Å²) in [5.41, 5.74) is 1.39. The normalized spacial score (nSPS) is 8.82. The zero-order chi connectivity index (χ0) is 7.23. The van der Waals surface area contributed by atoms with Crippen LogP contribution < -0.4 is 18.9 Å². The van der Waals surface area contributed by atoms with Gasteiger partial charge in [0.2, 0.25) is 0 Å². The monoisotopic (exact) mass is 158 g/mol. The van der Waals surface area contributed by atoms with Crippen LogP contribution in [0.2, 0.25) is 0 Å². The van der Waals surface area contributed by atoms with Gasteiger partial charge in [0, 0.05) is 5.75 Å². The predicted octanol–water partition coefficient (Wildman–Crippen LogP) is -0.242. The van der Waals surface area contributed by atoms with Gasteiger partial charge in [-0.3, -0.25) is 0 Å². The van der Waals surface area contributed by atoms with Crippen molar-refractivity contribution in [3.63, 3.8) is 0 Å². The van der Waals surface area contributed by atoms with Crippen LogP contribution in [0.25, 0.3) is 0 Å². The van der Waals surface area contributed by atoms with Gasteiger partial charge < -0.3 is 6.92 Å². The van der Waals surface area contributed by atoms with Gasteiger partial charge in [-0.15, -0.1) is 5.75 Å². The van der Waals surface area contributed by atoms with E-state index in [4.69, 9.17) is 0 Å². The van der Waals surface area contributed by atoms with Gasteiger partial charge in [0.05, 0.1) is 0 Å². The molecule has 0 aliphatic rings. The first-order valence-corrected chi connectivity index (χ1v) is 4.50. The van der Waals surface area contributed by atoms with Crippen molar-refractivity contribution in [2.45, 2.75) is 5.75 Å². The van der Waals surface area contributed by atoms with Crippen molar-refractivity contribution in [1.29, 1.82) is 0 Å². The molecule has 1 aromatic rings. The van der Waals surface area contributed by atoms with Crippen molar-refractivity contribution < 1.29 is 18.9 Å². The van der Waals surface area contributed by atoms with E-state index in [1.54, 1.807) is 0 Å². The van der Waals surface area contributed by atoms with Gasteiger partial charge in [0.15, 0.2) is 0 Å². The Morgan fingerprint density at radius 3 is 2.36 bits per heavy atom. The van der Waals surface area contributed by atoms with Gasteiger partial charge in [-0.1, -0.05) is 30.3 Å². The van der Waals surface area contributed by atoms with Crippen LogP contribution in [0, 0.1) is 6.92 Å². The Hall–Kier alpha value is 0.167. The molecule has 0 aliphatic heterocycles. The van der Waals surface area contributed by atoms with Crippen molar-refractivity contribution in [1.82, 2.24) is 0 Å². The second-order valence-electron chi connectivity index (χ2n) is 2.04. The number of hydrogen-bond donors (Lipinski definition) is 0. The van der Waals surface area contributed by atoms with E-state index in [2.05, 4.69) is 31.2 Å². The quantitative estimate of drug-likeness (QED) is 0.432. The second kappa shape index (κ2) is 6.85. The van der Waals surface area contributed by atoms with Gasteiger partial charge in [-0.2, -0.15) is 11.8 Å². The fourth-order valence-electron chi connectivity index (χ4n) is 0.764. The predicted molar refractivity (Wildman–Crippen MR) is 48.0 cm³/mol. The Labute approximate surface area is 84.9 Å². The summed E-state index contributed by atoms with van der Waals surface area (Å²) in [6.07, 6.45) is 0. The van der Waals surface area contributed by atoms with Crippen LogP contribution in [0.1, 0.15) is 5.56 Å². The minimum absolute atomic E-state index is 0. The van der Waals surface area contributed by atoms with E-state index in [-0.39, 0.29) is 18.9 Å². The van der Waals surface area contributed by atoms with E-state index in [0.717, 1.165) is 11.5 Å². The van der Waals surface area contributed by atoms with E-state index >= 15 is 0 Å². The molecule has 0 fully saturated rings. The van der Waals surface area contributed by atoms with Gasteiger partial charge >= 0.3 is 18.9 Å². The molecule has 54 valence electrons. The third-order valence-electron chi connectivity index (χ3n) is 1.26. The zero-order valence-electron chi connectivity index (χ0n) is 6.92. The maximum atomic E-state index is 3.76. The largest absolute Gasteiger partial charge is 1.00 e. The van der Waals surface area contributed by atoms with Crippen molar-refractivity contribution in [2.24, 2.45) is 0 Å². The Kier molecular flexibility index (Phi) is 6.96. The molecule has 0 bridgehead atoms. The van der Waals surface area contributed by atoms with E-state index in [9.17, 15) is 0 Å². The molecule has 0 saturated carbocycles. The average Bonchev–Trinajstić information content (AvgIpc) is 2.03. The summed E-state index contributed by atoms with van der Waals surface area (Å²) in [5.74, 6) is 2.04. The van der Waals surface area contributed by atoms with Crippen LogP contribution >= 0.6 is 11.8 Å². The summed E-state index contributed by atoms with van der Waals surface area (Å²) in [6, 6.07) is 10.5. The standard InChI is InChI=1S/C9H11S.Li/c1-2-10-8-9-6-4-3-5-7-9;/h3-7H,1-2,8H2;/q-1;+1. The summed E-state index contributed by atoms with van der Waals surface area (Å²) >= 11 is 1.85. The number of thioether (sulfide) groups is 1. The Bertz CT molecular complexity index is 174. The summed E-state index contributed by atoms with van der Waals surface area (Å²) in [7, 11) is 0. The minimum atomic E-state index is 0. The maximum absolute atomic E-state index is 3.76. The van der Waals surface area contributed by atoms with Crippen molar-refractivity contribution in [3.05, 3.63) is 42.8 Å². The molecule has 1 rings (SSSR count). The molecule has 0 spiro atoms. The number of benzene rings is 1. The van der Waals surface area contributed by atoms with Crippen LogP contribution in [-0.2, 0) is 5.75 Å². The summed E-state index contributed by atoms with van der Waals surface area (Å²) in [4.78, 5) is 0. The summed E-state index contributed by atoms with van der Waals surface area (Å²) in [6.45, 7) is 3.76. The maximum Gasteiger partial charge on any atom is 1.00 e. The first-order chi connectivity index (χ1) is 4.93. The van der Waals surface area contributed by atoms with Crippen LogP contribution in [0.15, 0.2) is 30.3 Å². The summed E-state index contributed by atoms with van der Waals surface area (Å²) < 4.78 is 0. The molecular weight excluding hydrogens is 147 g/mol. The molecule has 0 amide bonds. The number of rotatable bonds is 3. The Morgan fingerprint density at radius 2 is 1.82 bits per heavy atom. The van der Waals surface area contributed by atoms with Crippen LogP contribution in [0.5, 0.6) is 0 Å². The van der Waals surface area contributed by atoms with Crippen LogP contribution in [0.3, 0.4) is 0 Å². The first kappa shape index (κ1) is 11.2.